The molecule has 5 rings (SSSR count). The molecule has 8 heteroatoms. The molecule has 154 valence electrons. The minimum absolute atomic E-state index is 0.0900. The van der Waals surface area contributed by atoms with E-state index in [9.17, 15) is 4.79 Å². The molecule has 30 heavy (non-hydrogen) atoms. The van der Waals surface area contributed by atoms with Crippen molar-refractivity contribution in [3.63, 3.8) is 0 Å². The molecule has 0 aliphatic carbocycles. The molecule has 0 spiro atoms. The zero-order chi connectivity index (χ0) is 20.9. The molecule has 0 saturated carbocycles. The number of fused-ring (bicyclic) bond motifs is 1. The van der Waals surface area contributed by atoms with Crippen molar-refractivity contribution < 1.29 is 9.32 Å². The van der Waals surface area contributed by atoms with Crippen molar-refractivity contribution >= 4 is 17.4 Å². The SMILES string of the molecule is Cc1ccc(-c2noc(C3(C)CN(C)C3)n2)cc1NC(=O)C1CN=C2C=CC=CN21. The van der Waals surface area contributed by atoms with Crippen LogP contribution in [0.25, 0.3) is 11.4 Å². The van der Waals surface area contributed by atoms with Gasteiger partial charge in [0.2, 0.25) is 17.6 Å². The maximum atomic E-state index is 12.9. The van der Waals surface area contributed by atoms with E-state index in [1.54, 1.807) is 0 Å². The zero-order valence-corrected chi connectivity index (χ0v) is 17.3. The second-order valence-electron chi connectivity index (χ2n) is 8.50. The van der Waals surface area contributed by atoms with Crippen molar-refractivity contribution in [1.29, 1.82) is 0 Å². The van der Waals surface area contributed by atoms with Crippen LogP contribution < -0.4 is 5.32 Å². The van der Waals surface area contributed by atoms with Gasteiger partial charge in [-0.15, -0.1) is 0 Å². The van der Waals surface area contributed by atoms with Crippen molar-refractivity contribution in [2.75, 3.05) is 32.0 Å². The number of carbonyl (C=O) groups excluding carboxylic acids is 1. The Balaban J connectivity index is 1.34. The number of aryl methyl sites for hydroxylation is 1. The van der Waals surface area contributed by atoms with Gasteiger partial charge in [0.05, 0.1) is 12.0 Å². The van der Waals surface area contributed by atoms with Crippen LogP contribution in [0.15, 0.2) is 52.1 Å². The van der Waals surface area contributed by atoms with Crippen molar-refractivity contribution in [1.82, 2.24) is 19.9 Å². The third-order valence-electron chi connectivity index (χ3n) is 5.87. The molecule has 1 saturated heterocycles. The number of amides is 1. The molecule has 1 fully saturated rings. The fraction of sp³-hybridized carbons (Fsp3) is 0.364. The summed E-state index contributed by atoms with van der Waals surface area (Å²) in [5.74, 6) is 1.92. The van der Waals surface area contributed by atoms with E-state index in [0.717, 1.165) is 35.7 Å². The molecule has 3 aliphatic rings. The predicted molar refractivity (Wildman–Crippen MR) is 114 cm³/mol. The lowest BCUT2D eigenvalue weighted by molar-refractivity contribution is -0.118. The smallest absolute Gasteiger partial charge is 0.249 e. The quantitative estimate of drug-likeness (QED) is 0.842. The van der Waals surface area contributed by atoms with Crippen LogP contribution in [-0.4, -0.2) is 64.4 Å². The van der Waals surface area contributed by atoms with E-state index in [1.807, 2.05) is 54.5 Å². The number of amidine groups is 1. The number of likely N-dealkylation sites (N-methyl/N-ethyl adjacent to an activating group) is 1. The number of hydrogen-bond donors (Lipinski definition) is 1. The summed E-state index contributed by atoms with van der Waals surface area (Å²) < 4.78 is 5.56. The van der Waals surface area contributed by atoms with E-state index < -0.39 is 0 Å². The van der Waals surface area contributed by atoms with Crippen LogP contribution in [0.5, 0.6) is 0 Å². The zero-order valence-electron chi connectivity index (χ0n) is 17.3. The average molecular weight is 404 g/mol. The molecule has 4 heterocycles. The fourth-order valence-electron chi connectivity index (χ4n) is 4.30. The molecule has 8 nitrogen and oxygen atoms in total. The highest BCUT2D eigenvalue weighted by atomic mass is 16.5. The van der Waals surface area contributed by atoms with Gasteiger partial charge in [0, 0.05) is 30.5 Å². The van der Waals surface area contributed by atoms with E-state index in [1.165, 1.54) is 0 Å². The predicted octanol–water partition coefficient (Wildman–Crippen LogP) is 2.35. The van der Waals surface area contributed by atoms with Crippen molar-refractivity contribution in [2.24, 2.45) is 4.99 Å². The van der Waals surface area contributed by atoms with Crippen LogP contribution in [-0.2, 0) is 10.2 Å². The number of nitrogens with zero attached hydrogens (tertiary/aromatic N) is 5. The largest absolute Gasteiger partial charge is 0.338 e. The lowest BCUT2D eigenvalue weighted by atomic mass is 9.82. The minimum Gasteiger partial charge on any atom is -0.338 e. The molecule has 1 aromatic carbocycles. The van der Waals surface area contributed by atoms with Crippen molar-refractivity contribution in [3.05, 3.63) is 54.1 Å². The van der Waals surface area contributed by atoms with Gasteiger partial charge in [-0.2, -0.15) is 4.98 Å². The third-order valence-corrected chi connectivity index (χ3v) is 5.87. The molecule has 1 aromatic heterocycles. The van der Waals surface area contributed by atoms with Gasteiger partial charge in [-0.3, -0.25) is 9.79 Å². The lowest BCUT2D eigenvalue weighted by Crippen LogP contribution is -2.55. The van der Waals surface area contributed by atoms with Gasteiger partial charge < -0.3 is 19.6 Å². The number of likely N-dealkylation sites (tertiary alicyclic amines) is 1. The molecular weight excluding hydrogens is 380 g/mol. The normalized spacial score (nSPS) is 21.9. The molecule has 1 unspecified atom stereocenters. The van der Waals surface area contributed by atoms with Gasteiger partial charge in [0.15, 0.2) is 0 Å². The third kappa shape index (κ3) is 3.13. The lowest BCUT2D eigenvalue weighted by Gasteiger charge is -2.43. The van der Waals surface area contributed by atoms with Crippen LogP contribution in [0.1, 0.15) is 18.4 Å². The summed E-state index contributed by atoms with van der Waals surface area (Å²) in [5.41, 5.74) is 2.42. The number of anilines is 1. The first-order valence-corrected chi connectivity index (χ1v) is 10.1. The molecule has 1 atom stereocenters. The maximum absolute atomic E-state index is 12.9. The maximum Gasteiger partial charge on any atom is 0.249 e. The summed E-state index contributed by atoms with van der Waals surface area (Å²) in [6.07, 6.45) is 7.63. The molecule has 0 bridgehead atoms. The second kappa shape index (κ2) is 6.91. The first-order chi connectivity index (χ1) is 14.4. The highest BCUT2D eigenvalue weighted by Gasteiger charge is 2.43. The standard InChI is InChI=1S/C22H24N6O2/c1-14-7-8-15(19-25-21(30-26-19)22(2)12-27(3)13-22)10-16(14)24-20(29)17-11-23-18-6-4-5-9-28(17)18/h4-10,17H,11-13H2,1-3H3,(H,24,29). The van der Waals surface area contributed by atoms with Gasteiger partial charge in [-0.25, -0.2) is 0 Å². The first kappa shape index (κ1) is 18.7. The van der Waals surface area contributed by atoms with E-state index in [0.29, 0.717) is 18.3 Å². The summed E-state index contributed by atoms with van der Waals surface area (Å²) >= 11 is 0. The van der Waals surface area contributed by atoms with Gasteiger partial charge in [-0.05, 0) is 44.7 Å². The number of aromatic nitrogens is 2. The van der Waals surface area contributed by atoms with Crippen molar-refractivity contribution in [2.45, 2.75) is 25.3 Å². The van der Waals surface area contributed by atoms with Crippen LogP contribution >= 0.6 is 0 Å². The average Bonchev–Trinajstić information content (AvgIpc) is 3.36. The van der Waals surface area contributed by atoms with Crippen LogP contribution in [0.2, 0.25) is 0 Å². The van der Waals surface area contributed by atoms with E-state index in [-0.39, 0.29) is 17.4 Å². The van der Waals surface area contributed by atoms with Crippen molar-refractivity contribution in [3.8, 4) is 11.4 Å². The molecule has 1 N–H and O–H groups in total. The van der Waals surface area contributed by atoms with Crippen LogP contribution in [0, 0.1) is 6.92 Å². The minimum atomic E-state index is -0.350. The van der Waals surface area contributed by atoms with Crippen LogP contribution in [0.3, 0.4) is 0 Å². The van der Waals surface area contributed by atoms with E-state index in [4.69, 9.17) is 4.52 Å². The molecule has 3 aliphatic heterocycles. The highest BCUT2D eigenvalue weighted by molar-refractivity contribution is 6.04. The number of nitrogens with one attached hydrogen (secondary N) is 1. The Morgan fingerprint density at radius 1 is 1.30 bits per heavy atom. The number of carbonyl (C=O) groups is 1. The summed E-state index contributed by atoms with van der Waals surface area (Å²) in [6.45, 7) is 6.33. The van der Waals surface area contributed by atoms with Gasteiger partial charge in [-0.1, -0.05) is 23.4 Å². The summed E-state index contributed by atoms with van der Waals surface area (Å²) in [4.78, 5) is 26.1. The second-order valence-corrected chi connectivity index (χ2v) is 8.50. The molecule has 0 radical (unpaired) electrons. The van der Waals surface area contributed by atoms with Gasteiger partial charge in [0.25, 0.3) is 0 Å². The Morgan fingerprint density at radius 2 is 2.13 bits per heavy atom. The summed E-state index contributed by atoms with van der Waals surface area (Å²) in [5, 5.41) is 7.24. The summed E-state index contributed by atoms with van der Waals surface area (Å²) in [6, 6.07) is 5.46. The molecule has 2 aromatic rings. The fourth-order valence-corrected chi connectivity index (χ4v) is 4.30. The number of aliphatic imine (C=N–C) groups is 1. The van der Waals surface area contributed by atoms with E-state index >= 15 is 0 Å². The van der Waals surface area contributed by atoms with Gasteiger partial charge >= 0.3 is 0 Å². The van der Waals surface area contributed by atoms with Crippen LogP contribution in [0.4, 0.5) is 5.69 Å². The number of hydrogen-bond acceptors (Lipinski definition) is 7. The first-order valence-electron chi connectivity index (χ1n) is 10.1. The Kier molecular flexibility index (Phi) is 4.32. The highest BCUT2D eigenvalue weighted by Crippen LogP contribution is 2.33. The molecular formula is C22H24N6O2. The Bertz CT molecular complexity index is 1090. The number of allylic oxidation sites excluding steroid dienone is 2. The Labute approximate surface area is 175 Å². The Hall–Kier alpha value is -3.26. The molecule has 1 amide bonds. The number of rotatable bonds is 4. The number of benzene rings is 1. The topological polar surface area (TPSA) is 86.9 Å². The monoisotopic (exact) mass is 404 g/mol. The van der Waals surface area contributed by atoms with E-state index in [2.05, 4.69) is 39.3 Å². The Morgan fingerprint density at radius 3 is 2.93 bits per heavy atom. The van der Waals surface area contributed by atoms with Gasteiger partial charge in [0.1, 0.15) is 11.9 Å². The summed E-state index contributed by atoms with van der Waals surface area (Å²) in [7, 11) is 2.07.